The summed E-state index contributed by atoms with van der Waals surface area (Å²) in [6.07, 6.45) is -5.75. The summed E-state index contributed by atoms with van der Waals surface area (Å²) < 4.78 is 52.9. The Morgan fingerprint density at radius 2 is 2.11 bits per heavy atom. The summed E-state index contributed by atoms with van der Waals surface area (Å²) in [5, 5.41) is 8.59. The maximum Gasteiger partial charge on any atom is 0.573 e. The van der Waals surface area contributed by atoms with Crippen molar-refractivity contribution in [2.24, 2.45) is 0 Å². The monoisotopic (exact) mass is 379 g/mol. The fourth-order valence-corrected chi connectivity index (χ4v) is 1.90. The van der Waals surface area contributed by atoms with E-state index in [1.807, 2.05) is 0 Å². The number of nitrogens with zero attached hydrogens (tertiary/aromatic N) is 1. The van der Waals surface area contributed by atoms with Crippen LogP contribution in [0.25, 0.3) is 0 Å². The second kappa shape index (κ2) is 5.67. The molecule has 1 aromatic heterocycles. The number of pyridine rings is 1. The van der Waals surface area contributed by atoms with Crippen LogP contribution < -0.4 is 4.74 Å². The topological polar surface area (TPSA) is 59.4 Å². The van der Waals surface area contributed by atoms with Crippen LogP contribution in [0.4, 0.5) is 17.6 Å². The van der Waals surface area contributed by atoms with E-state index in [4.69, 9.17) is 5.11 Å². The van der Waals surface area contributed by atoms with Crippen LogP contribution in [0, 0.1) is 3.70 Å². The third kappa shape index (κ3) is 4.27. The second-order valence-electron chi connectivity index (χ2n) is 3.13. The number of alkyl halides is 4. The lowest BCUT2D eigenvalue weighted by Gasteiger charge is -2.15. The van der Waals surface area contributed by atoms with Crippen LogP contribution in [0.15, 0.2) is 6.07 Å². The highest BCUT2D eigenvalue weighted by molar-refractivity contribution is 14.1. The molecule has 1 heterocycles. The third-order valence-corrected chi connectivity index (χ3v) is 2.33. The molecule has 0 atom stereocenters. The van der Waals surface area contributed by atoms with Crippen LogP contribution in [-0.2, 0) is 17.9 Å². The number of aromatic nitrogens is 1. The number of carboxylic acids is 1. The van der Waals surface area contributed by atoms with Gasteiger partial charge in [-0.3, -0.25) is 4.79 Å². The summed E-state index contributed by atoms with van der Waals surface area (Å²) >= 11 is 1.65. The molecule has 0 spiro atoms. The Hall–Kier alpha value is -1.13. The first-order valence-corrected chi connectivity index (χ1v) is 5.52. The van der Waals surface area contributed by atoms with Crippen molar-refractivity contribution in [2.75, 3.05) is 0 Å². The molecule has 0 unspecified atom stereocenters. The molecule has 0 bridgehead atoms. The van der Waals surface area contributed by atoms with E-state index >= 15 is 0 Å². The van der Waals surface area contributed by atoms with E-state index in [1.165, 1.54) is 0 Å². The number of hydrogen-bond donors (Lipinski definition) is 1. The Kier molecular flexibility index (Phi) is 4.71. The Balaban J connectivity index is 3.28. The normalized spacial score (nSPS) is 11.4. The largest absolute Gasteiger partial charge is 0.573 e. The Bertz CT molecular complexity index is 464. The lowest BCUT2D eigenvalue weighted by atomic mass is 10.1. The van der Waals surface area contributed by atoms with Crippen molar-refractivity contribution < 1.29 is 32.2 Å². The van der Waals surface area contributed by atoms with E-state index in [0.29, 0.717) is 0 Å². The number of hydrogen-bond acceptors (Lipinski definition) is 3. The quantitative estimate of drug-likeness (QED) is 0.497. The van der Waals surface area contributed by atoms with Gasteiger partial charge in [-0.1, -0.05) is 0 Å². The van der Waals surface area contributed by atoms with E-state index in [0.717, 1.165) is 6.07 Å². The van der Waals surface area contributed by atoms with Gasteiger partial charge in [0.1, 0.15) is 16.1 Å². The summed E-state index contributed by atoms with van der Waals surface area (Å²) in [4.78, 5) is 14.1. The average molecular weight is 379 g/mol. The fourth-order valence-electron chi connectivity index (χ4n) is 1.23. The van der Waals surface area contributed by atoms with Gasteiger partial charge in [0.15, 0.2) is 5.75 Å². The average Bonchev–Trinajstić information content (AvgIpc) is 2.19. The van der Waals surface area contributed by atoms with Crippen LogP contribution in [0.3, 0.4) is 0 Å². The van der Waals surface area contributed by atoms with Crippen molar-refractivity contribution in [1.82, 2.24) is 4.98 Å². The molecule has 1 N–H and O–H groups in total. The molecule has 9 heteroatoms. The van der Waals surface area contributed by atoms with Crippen molar-refractivity contribution in [3.8, 4) is 5.75 Å². The number of carboxylic acid groups (broad SMARTS) is 1. The first-order valence-electron chi connectivity index (χ1n) is 4.44. The Morgan fingerprint density at radius 3 is 2.56 bits per heavy atom. The second-order valence-corrected chi connectivity index (χ2v) is 4.24. The molecule has 4 nitrogen and oxygen atoms in total. The van der Waals surface area contributed by atoms with Crippen LogP contribution in [0.2, 0.25) is 0 Å². The molecule has 0 aliphatic rings. The zero-order valence-electron chi connectivity index (χ0n) is 8.59. The van der Waals surface area contributed by atoms with Crippen LogP contribution >= 0.6 is 22.6 Å². The number of ether oxygens (including phenoxy) is 1. The van der Waals surface area contributed by atoms with Gasteiger partial charge in [-0.2, -0.15) is 0 Å². The minimum atomic E-state index is -5.04. The van der Waals surface area contributed by atoms with E-state index in [-0.39, 0.29) is 9.26 Å². The molecule has 0 radical (unpaired) electrons. The van der Waals surface area contributed by atoms with E-state index in [1.54, 1.807) is 22.6 Å². The number of carbonyl (C=O) groups is 1. The van der Waals surface area contributed by atoms with Crippen molar-refractivity contribution >= 4 is 28.6 Å². The van der Waals surface area contributed by atoms with Gasteiger partial charge in [-0.25, -0.2) is 9.37 Å². The molecule has 18 heavy (non-hydrogen) atoms. The van der Waals surface area contributed by atoms with Crippen LogP contribution in [-0.4, -0.2) is 22.4 Å². The molecule has 0 fully saturated rings. The van der Waals surface area contributed by atoms with Gasteiger partial charge in [-0.15, -0.1) is 13.2 Å². The smallest absolute Gasteiger partial charge is 0.481 e. The zero-order valence-corrected chi connectivity index (χ0v) is 10.7. The van der Waals surface area contributed by atoms with Crippen molar-refractivity contribution in [3.63, 3.8) is 0 Å². The maximum atomic E-state index is 12.6. The molecule has 0 aliphatic heterocycles. The summed E-state index contributed by atoms with van der Waals surface area (Å²) in [5.74, 6) is -2.23. The zero-order chi connectivity index (χ0) is 13.9. The Morgan fingerprint density at radius 1 is 1.50 bits per heavy atom. The van der Waals surface area contributed by atoms with Crippen molar-refractivity contribution in [2.45, 2.75) is 19.5 Å². The van der Waals surface area contributed by atoms with Gasteiger partial charge in [0.25, 0.3) is 0 Å². The highest BCUT2D eigenvalue weighted by atomic mass is 127. The van der Waals surface area contributed by atoms with Gasteiger partial charge in [0.2, 0.25) is 0 Å². The van der Waals surface area contributed by atoms with Gasteiger partial charge in [0.05, 0.1) is 6.42 Å². The lowest BCUT2D eigenvalue weighted by molar-refractivity contribution is -0.275. The predicted octanol–water partition coefficient (Wildman–Crippen LogP) is 2.68. The minimum absolute atomic E-state index is 0.186. The third-order valence-electron chi connectivity index (χ3n) is 1.77. The van der Waals surface area contributed by atoms with Gasteiger partial charge in [0, 0.05) is 5.56 Å². The molecule has 1 aromatic rings. The van der Waals surface area contributed by atoms with Crippen LogP contribution in [0.1, 0.15) is 11.3 Å². The van der Waals surface area contributed by atoms with Gasteiger partial charge in [-0.05, 0) is 28.7 Å². The van der Waals surface area contributed by atoms with E-state index in [9.17, 15) is 22.4 Å². The Labute approximate surface area is 112 Å². The number of halogens is 5. The van der Waals surface area contributed by atoms with Gasteiger partial charge < -0.3 is 9.84 Å². The minimum Gasteiger partial charge on any atom is -0.481 e. The summed E-state index contributed by atoms with van der Waals surface area (Å²) in [6, 6.07) is 1.11. The fraction of sp³-hybridized carbons (Fsp3) is 0.333. The highest BCUT2D eigenvalue weighted by Crippen LogP contribution is 2.31. The van der Waals surface area contributed by atoms with E-state index in [2.05, 4.69) is 9.72 Å². The molecule has 0 saturated carbocycles. The van der Waals surface area contributed by atoms with Crippen molar-refractivity contribution in [3.05, 3.63) is 21.0 Å². The SMILES string of the molecule is O=C(O)Cc1cc(I)nc(CF)c1OC(F)(F)F. The summed E-state index contributed by atoms with van der Waals surface area (Å²) in [6.45, 7) is -1.28. The lowest BCUT2D eigenvalue weighted by Crippen LogP contribution is -2.20. The highest BCUT2D eigenvalue weighted by Gasteiger charge is 2.34. The molecular weight excluding hydrogens is 373 g/mol. The molecule has 100 valence electrons. The molecule has 0 aliphatic carbocycles. The molecule has 0 aromatic carbocycles. The summed E-state index contributed by atoms with van der Waals surface area (Å²) in [7, 11) is 0. The number of rotatable bonds is 4. The maximum absolute atomic E-state index is 12.6. The van der Waals surface area contributed by atoms with Gasteiger partial charge >= 0.3 is 12.3 Å². The first kappa shape index (κ1) is 14.9. The molecule has 1 rings (SSSR count). The predicted molar refractivity (Wildman–Crippen MR) is 59.8 cm³/mol. The number of aliphatic carboxylic acids is 1. The van der Waals surface area contributed by atoms with E-state index < -0.39 is 36.9 Å². The first-order chi connectivity index (χ1) is 8.23. The molecule has 0 amide bonds. The van der Waals surface area contributed by atoms with Crippen molar-refractivity contribution in [1.29, 1.82) is 0 Å². The molecular formula is C9H6F4INO3. The summed E-state index contributed by atoms with van der Waals surface area (Å²) in [5.41, 5.74) is -0.845. The molecule has 0 saturated heterocycles. The standard InChI is InChI=1S/C9H6F4INO3/c10-3-5-8(18-9(11,12)13)4(2-7(16)17)1-6(14)15-5/h1H,2-3H2,(H,16,17). The van der Waals surface area contributed by atoms with Crippen LogP contribution in [0.5, 0.6) is 5.75 Å².